The molecule has 0 saturated heterocycles. The summed E-state index contributed by atoms with van der Waals surface area (Å²) in [6.07, 6.45) is 6.00. The van der Waals surface area contributed by atoms with Crippen molar-refractivity contribution in [3.05, 3.63) is 0 Å². The van der Waals surface area contributed by atoms with Gasteiger partial charge in [-0.1, -0.05) is 25.7 Å². The lowest BCUT2D eigenvalue weighted by Gasteiger charge is -2.05. The molecule has 1 rings (SSSR count). The maximum Gasteiger partial charge on any atom is -0.0533 e. The van der Waals surface area contributed by atoms with Gasteiger partial charge in [0.05, 0.1) is 0 Å². The molecular formula is C4H13NS. The average molecular weight is 107 g/mol. The second-order valence-electron chi connectivity index (χ2n) is 1.41. The van der Waals surface area contributed by atoms with Crippen LogP contribution in [0.15, 0.2) is 0 Å². The van der Waals surface area contributed by atoms with Crippen molar-refractivity contribution in [3.8, 4) is 0 Å². The Balaban J connectivity index is 0. The third-order valence-electron chi connectivity index (χ3n) is 1.000. The van der Waals surface area contributed by atoms with Crippen molar-refractivity contribution < 1.29 is 0 Å². The number of rotatable bonds is 0. The molecule has 40 valence electrons. The molecule has 0 spiro atoms. The van der Waals surface area contributed by atoms with E-state index in [4.69, 9.17) is 0 Å². The molecule has 3 N–H and O–H groups in total. The van der Waals surface area contributed by atoms with E-state index in [1.165, 1.54) is 25.7 Å². The number of hydrogen-bond donors (Lipinski definition) is 1. The molecule has 0 aromatic carbocycles. The molecule has 0 atom stereocenters. The zero-order valence-electron chi connectivity index (χ0n) is 4.04. The van der Waals surface area contributed by atoms with Crippen LogP contribution in [0.1, 0.15) is 25.7 Å². The van der Waals surface area contributed by atoms with Crippen LogP contribution in [0, 0.1) is 0 Å². The second kappa shape index (κ2) is 5.31. The molecule has 1 fully saturated rings. The van der Waals surface area contributed by atoms with Gasteiger partial charge in [0.25, 0.3) is 0 Å². The van der Waals surface area contributed by atoms with Gasteiger partial charge in [0.1, 0.15) is 0 Å². The highest BCUT2D eigenvalue weighted by molar-refractivity contribution is 7.59. The SMILES string of the molecule is C1CCC1.N.S. The minimum Gasteiger partial charge on any atom is -0.344 e. The number of hydrogen-bond acceptors (Lipinski definition) is 1. The highest BCUT2D eigenvalue weighted by atomic mass is 32.1. The van der Waals surface area contributed by atoms with E-state index in [2.05, 4.69) is 0 Å². The van der Waals surface area contributed by atoms with Crippen LogP contribution in [0.25, 0.3) is 0 Å². The molecule has 0 unspecified atom stereocenters. The summed E-state index contributed by atoms with van der Waals surface area (Å²) in [5.74, 6) is 0. The minimum absolute atomic E-state index is 0. The molecule has 0 aromatic heterocycles. The van der Waals surface area contributed by atoms with Crippen LogP contribution in [0.2, 0.25) is 0 Å². The monoisotopic (exact) mass is 107 g/mol. The molecule has 0 radical (unpaired) electrons. The fourth-order valence-corrected chi connectivity index (χ4v) is 0.250. The summed E-state index contributed by atoms with van der Waals surface area (Å²) in [6.45, 7) is 0. The molecule has 1 saturated carbocycles. The van der Waals surface area contributed by atoms with Gasteiger partial charge in [-0.25, -0.2) is 0 Å². The van der Waals surface area contributed by atoms with Crippen molar-refractivity contribution in [2.24, 2.45) is 0 Å². The van der Waals surface area contributed by atoms with E-state index < -0.39 is 0 Å². The summed E-state index contributed by atoms with van der Waals surface area (Å²) in [5, 5.41) is 0. The second-order valence-corrected chi connectivity index (χ2v) is 1.41. The average Bonchev–Trinajstić information content (AvgIpc) is 0.722. The predicted octanol–water partition coefficient (Wildman–Crippen LogP) is 1.84. The van der Waals surface area contributed by atoms with Crippen molar-refractivity contribution >= 4 is 13.5 Å². The predicted molar refractivity (Wildman–Crippen MR) is 33.9 cm³/mol. The van der Waals surface area contributed by atoms with Crippen molar-refractivity contribution in [2.75, 3.05) is 0 Å². The Morgan fingerprint density at radius 3 is 0.833 bits per heavy atom. The van der Waals surface area contributed by atoms with Gasteiger partial charge < -0.3 is 6.15 Å². The van der Waals surface area contributed by atoms with Crippen LogP contribution in [0.3, 0.4) is 0 Å². The van der Waals surface area contributed by atoms with Crippen molar-refractivity contribution in [2.45, 2.75) is 25.7 Å². The fourth-order valence-electron chi connectivity index (χ4n) is 0.250. The smallest absolute Gasteiger partial charge is 0.0533 e. The summed E-state index contributed by atoms with van der Waals surface area (Å²) >= 11 is 0. The quantitative estimate of drug-likeness (QED) is 0.503. The van der Waals surface area contributed by atoms with Gasteiger partial charge in [0.15, 0.2) is 0 Å². The maximum atomic E-state index is 1.50. The van der Waals surface area contributed by atoms with E-state index in [0.29, 0.717) is 0 Å². The summed E-state index contributed by atoms with van der Waals surface area (Å²) in [4.78, 5) is 0. The third kappa shape index (κ3) is 2.54. The fraction of sp³-hybridized carbons (Fsp3) is 1.00. The molecule has 0 aromatic rings. The maximum absolute atomic E-state index is 1.50. The molecule has 6 heavy (non-hydrogen) atoms. The molecule has 1 aliphatic rings. The van der Waals surface area contributed by atoms with Gasteiger partial charge in [-0.15, -0.1) is 0 Å². The van der Waals surface area contributed by atoms with E-state index in [1.807, 2.05) is 0 Å². The van der Waals surface area contributed by atoms with Crippen LogP contribution in [0.4, 0.5) is 0 Å². The van der Waals surface area contributed by atoms with Gasteiger partial charge in [0.2, 0.25) is 0 Å². The normalized spacial score (nSPS) is 16.0. The van der Waals surface area contributed by atoms with E-state index in [1.54, 1.807) is 0 Å². The minimum atomic E-state index is 0. The first-order chi connectivity index (χ1) is 2.00. The molecule has 1 nitrogen and oxygen atoms in total. The van der Waals surface area contributed by atoms with E-state index in [9.17, 15) is 0 Å². The lowest BCUT2D eigenvalue weighted by Crippen LogP contribution is -1.85. The Labute approximate surface area is 46.2 Å². The molecule has 0 heterocycles. The Morgan fingerprint density at radius 1 is 0.667 bits per heavy atom. The van der Waals surface area contributed by atoms with Gasteiger partial charge >= 0.3 is 0 Å². The van der Waals surface area contributed by atoms with E-state index in [-0.39, 0.29) is 19.6 Å². The third-order valence-corrected chi connectivity index (χ3v) is 1.000. The van der Waals surface area contributed by atoms with Gasteiger partial charge in [0, 0.05) is 0 Å². The lowest BCUT2D eigenvalue weighted by molar-refractivity contribution is 0.504. The molecule has 0 bridgehead atoms. The summed E-state index contributed by atoms with van der Waals surface area (Å²) < 4.78 is 0. The summed E-state index contributed by atoms with van der Waals surface area (Å²) in [7, 11) is 0. The topological polar surface area (TPSA) is 35.0 Å². The largest absolute Gasteiger partial charge is 0.344 e. The van der Waals surface area contributed by atoms with Crippen molar-refractivity contribution in [3.63, 3.8) is 0 Å². The molecule has 0 aliphatic heterocycles. The first-order valence-electron chi connectivity index (χ1n) is 2.00. The van der Waals surface area contributed by atoms with Crippen molar-refractivity contribution in [1.82, 2.24) is 6.15 Å². The van der Waals surface area contributed by atoms with Gasteiger partial charge in [-0.05, 0) is 0 Å². The van der Waals surface area contributed by atoms with E-state index in [0.717, 1.165) is 0 Å². The zero-order chi connectivity index (χ0) is 2.83. The van der Waals surface area contributed by atoms with Crippen LogP contribution in [-0.2, 0) is 0 Å². The summed E-state index contributed by atoms with van der Waals surface area (Å²) in [6, 6.07) is 0. The standard InChI is InChI=1S/C4H8.H3N.H2S/c1-2-4-3-1;;/h1-4H2;1H3;1H2. The molecule has 1 aliphatic carbocycles. The van der Waals surface area contributed by atoms with Crippen molar-refractivity contribution in [1.29, 1.82) is 0 Å². The van der Waals surface area contributed by atoms with Crippen LogP contribution in [-0.4, -0.2) is 0 Å². The Kier molecular flexibility index (Phi) is 8.48. The van der Waals surface area contributed by atoms with Crippen LogP contribution in [0.5, 0.6) is 0 Å². The van der Waals surface area contributed by atoms with E-state index >= 15 is 0 Å². The zero-order valence-corrected chi connectivity index (χ0v) is 5.04. The molecule has 2 heteroatoms. The highest BCUT2D eigenvalue weighted by Gasteiger charge is 1.95. The first kappa shape index (κ1) is 9.58. The van der Waals surface area contributed by atoms with Crippen LogP contribution < -0.4 is 6.15 Å². The Hall–Kier alpha value is 0.310. The summed E-state index contributed by atoms with van der Waals surface area (Å²) in [5.41, 5.74) is 0. The highest BCUT2D eigenvalue weighted by Crippen LogP contribution is 2.15. The van der Waals surface area contributed by atoms with Gasteiger partial charge in [-0.2, -0.15) is 13.5 Å². The Morgan fingerprint density at radius 2 is 0.833 bits per heavy atom. The van der Waals surface area contributed by atoms with Crippen LogP contribution >= 0.6 is 13.5 Å². The Bertz CT molecular complexity index is 15.5. The lowest BCUT2D eigenvalue weighted by atomic mass is 10.0. The molecule has 0 amide bonds. The first-order valence-corrected chi connectivity index (χ1v) is 2.00. The van der Waals surface area contributed by atoms with Gasteiger partial charge in [-0.3, -0.25) is 0 Å². The molecular weight excluding hydrogens is 94.1 g/mol.